The van der Waals surface area contributed by atoms with Crippen LogP contribution in [0.4, 0.5) is 5.69 Å². The van der Waals surface area contributed by atoms with Crippen LogP contribution in [0.15, 0.2) is 48.7 Å². The van der Waals surface area contributed by atoms with Crippen LogP contribution >= 0.6 is 0 Å². The zero-order valence-corrected chi connectivity index (χ0v) is 17.1. The van der Waals surface area contributed by atoms with Gasteiger partial charge in [0, 0.05) is 28.7 Å². The van der Waals surface area contributed by atoms with Crippen molar-refractivity contribution in [3.63, 3.8) is 0 Å². The van der Waals surface area contributed by atoms with Gasteiger partial charge in [0.1, 0.15) is 11.7 Å². The number of unbranched alkanes of at least 4 members (excludes halogenated alkanes) is 3. The standard InChI is InChI=1S/C25H28N2O2/c1-3-4-5-6-9-18(16-28)25(20-10-7-8-11-23(20)27-24(25)29)21-15-26-22-13-12-17(2)14-19(21)22/h7-8,10-16,18,26H,3-6,9H2,1-2H3,(H,27,29)/t18-,25-/m0/s1. The molecule has 0 bridgehead atoms. The number of hydrogen-bond donors (Lipinski definition) is 2. The zero-order chi connectivity index (χ0) is 20.4. The Morgan fingerprint density at radius 3 is 2.69 bits per heavy atom. The zero-order valence-electron chi connectivity index (χ0n) is 17.1. The third kappa shape index (κ3) is 3.07. The van der Waals surface area contributed by atoms with Gasteiger partial charge in [0.2, 0.25) is 5.91 Å². The van der Waals surface area contributed by atoms with Crippen molar-refractivity contribution in [2.75, 3.05) is 5.32 Å². The number of para-hydroxylation sites is 1. The number of rotatable bonds is 8. The van der Waals surface area contributed by atoms with E-state index in [1.54, 1.807) is 0 Å². The second kappa shape index (κ2) is 7.86. The minimum atomic E-state index is -1.00. The topological polar surface area (TPSA) is 62.0 Å². The molecule has 2 heterocycles. The number of hydrogen-bond acceptors (Lipinski definition) is 2. The summed E-state index contributed by atoms with van der Waals surface area (Å²) in [5.74, 6) is -0.517. The summed E-state index contributed by atoms with van der Waals surface area (Å²) in [6, 6.07) is 14.0. The lowest BCUT2D eigenvalue weighted by molar-refractivity contribution is -0.125. The highest BCUT2D eigenvalue weighted by Crippen LogP contribution is 2.50. The molecule has 4 heteroatoms. The molecule has 0 unspecified atom stereocenters. The van der Waals surface area contributed by atoms with Crippen molar-refractivity contribution in [1.29, 1.82) is 0 Å². The van der Waals surface area contributed by atoms with Gasteiger partial charge in [-0.3, -0.25) is 4.79 Å². The number of fused-ring (bicyclic) bond motifs is 2. The van der Waals surface area contributed by atoms with Crippen LogP contribution in [0, 0.1) is 12.8 Å². The van der Waals surface area contributed by atoms with E-state index in [0.717, 1.165) is 65.3 Å². The van der Waals surface area contributed by atoms with Gasteiger partial charge in [0.05, 0.1) is 0 Å². The maximum absolute atomic E-state index is 13.6. The molecule has 2 aromatic carbocycles. The Morgan fingerprint density at radius 1 is 1.07 bits per heavy atom. The molecule has 1 amide bonds. The van der Waals surface area contributed by atoms with E-state index in [4.69, 9.17) is 0 Å². The van der Waals surface area contributed by atoms with Crippen molar-refractivity contribution in [1.82, 2.24) is 4.98 Å². The number of benzene rings is 2. The quantitative estimate of drug-likeness (QED) is 0.395. The van der Waals surface area contributed by atoms with Crippen molar-refractivity contribution >= 4 is 28.8 Å². The number of nitrogens with one attached hydrogen (secondary N) is 2. The Morgan fingerprint density at radius 2 is 1.90 bits per heavy atom. The van der Waals surface area contributed by atoms with Gasteiger partial charge in [0.15, 0.2) is 0 Å². The van der Waals surface area contributed by atoms with Gasteiger partial charge in [-0.1, -0.05) is 62.4 Å². The van der Waals surface area contributed by atoms with Crippen LogP contribution in [0.5, 0.6) is 0 Å². The van der Waals surface area contributed by atoms with Crippen LogP contribution in [-0.4, -0.2) is 17.2 Å². The minimum absolute atomic E-state index is 0.103. The van der Waals surface area contributed by atoms with Crippen molar-refractivity contribution in [3.05, 3.63) is 65.4 Å². The summed E-state index contributed by atoms with van der Waals surface area (Å²) in [4.78, 5) is 29.3. The molecule has 0 fully saturated rings. The average molecular weight is 389 g/mol. The van der Waals surface area contributed by atoms with Crippen LogP contribution in [-0.2, 0) is 15.0 Å². The van der Waals surface area contributed by atoms with Gasteiger partial charge in [0.25, 0.3) is 0 Å². The molecule has 3 aromatic rings. The first kappa shape index (κ1) is 19.4. The van der Waals surface area contributed by atoms with E-state index in [-0.39, 0.29) is 5.91 Å². The number of anilines is 1. The lowest BCUT2D eigenvalue weighted by Crippen LogP contribution is -2.43. The van der Waals surface area contributed by atoms with E-state index in [9.17, 15) is 9.59 Å². The summed E-state index contributed by atoms with van der Waals surface area (Å²) in [6.45, 7) is 4.22. The molecule has 1 aromatic heterocycles. The van der Waals surface area contributed by atoms with Crippen molar-refractivity contribution in [2.24, 2.45) is 5.92 Å². The fourth-order valence-electron chi connectivity index (χ4n) is 4.85. The maximum atomic E-state index is 13.6. The van der Waals surface area contributed by atoms with E-state index in [1.807, 2.05) is 43.5 Å². The molecular formula is C25H28N2O2. The van der Waals surface area contributed by atoms with E-state index in [1.165, 1.54) is 0 Å². The lowest BCUT2D eigenvalue weighted by atomic mass is 9.65. The molecule has 0 spiro atoms. The van der Waals surface area contributed by atoms with Crippen LogP contribution in [0.3, 0.4) is 0 Å². The number of aromatic nitrogens is 1. The van der Waals surface area contributed by atoms with Gasteiger partial charge < -0.3 is 15.1 Å². The number of aromatic amines is 1. The van der Waals surface area contributed by atoms with Gasteiger partial charge in [-0.2, -0.15) is 0 Å². The molecule has 150 valence electrons. The maximum Gasteiger partial charge on any atom is 0.240 e. The molecule has 4 rings (SSSR count). The molecule has 4 nitrogen and oxygen atoms in total. The number of aldehydes is 1. The minimum Gasteiger partial charge on any atom is -0.361 e. The summed E-state index contributed by atoms with van der Waals surface area (Å²) in [7, 11) is 0. The molecule has 1 aliphatic heterocycles. The van der Waals surface area contributed by atoms with Crippen molar-refractivity contribution in [2.45, 2.75) is 51.4 Å². The Hall–Kier alpha value is -2.88. The van der Waals surface area contributed by atoms with Crippen LogP contribution in [0.2, 0.25) is 0 Å². The molecule has 0 saturated heterocycles. The molecule has 2 atom stereocenters. The second-order valence-electron chi connectivity index (χ2n) is 8.15. The number of carbonyl (C=O) groups is 2. The summed E-state index contributed by atoms with van der Waals surface area (Å²) in [5, 5.41) is 4.07. The van der Waals surface area contributed by atoms with E-state index in [2.05, 4.69) is 29.4 Å². The highest BCUT2D eigenvalue weighted by atomic mass is 16.2. The molecule has 2 N–H and O–H groups in total. The molecule has 0 radical (unpaired) electrons. The molecule has 0 saturated carbocycles. The van der Waals surface area contributed by atoms with E-state index in [0.29, 0.717) is 6.42 Å². The predicted molar refractivity (Wildman–Crippen MR) is 117 cm³/mol. The molecule has 1 aliphatic rings. The molecule has 0 aliphatic carbocycles. The van der Waals surface area contributed by atoms with Gasteiger partial charge >= 0.3 is 0 Å². The Kier molecular flexibility index (Phi) is 5.27. The monoisotopic (exact) mass is 388 g/mol. The van der Waals surface area contributed by atoms with Crippen molar-refractivity contribution in [3.8, 4) is 0 Å². The molecule has 29 heavy (non-hydrogen) atoms. The second-order valence-corrected chi connectivity index (χ2v) is 8.15. The Bertz CT molecular complexity index is 1050. The van der Waals surface area contributed by atoms with Crippen LogP contribution < -0.4 is 5.32 Å². The normalized spacial score (nSPS) is 19.2. The average Bonchev–Trinajstić information content (AvgIpc) is 3.26. The largest absolute Gasteiger partial charge is 0.361 e. The highest BCUT2D eigenvalue weighted by molar-refractivity contribution is 6.12. The van der Waals surface area contributed by atoms with Crippen LogP contribution in [0.1, 0.15) is 55.7 Å². The number of amides is 1. The summed E-state index contributed by atoms with van der Waals surface area (Å²) < 4.78 is 0. The van der Waals surface area contributed by atoms with Crippen molar-refractivity contribution < 1.29 is 9.59 Å². The first-order valence-electron chi connectivity index (χ1n) is 10.6. The Labute approximate surface area is 171 Å². The lowest BCUT2D eigenvalue weighted by Gasteiger charge is -2.33. The number of carbonyl (C=O) groups excluding carboxylic acids is 2. The third-order valence-electron chi connectivity index (χ3n) is 6.31. The fourth-order valence-corrected chi connectivity index (χ4v) is 4.85. The van der Waals surface area contributed by atoms with Crippen LogP contribution in [0.25, 0.3) is 10.9 Å². The summed E-state index contributed by atoms with van der Waals surface area (Å²) in [6.07, 6.45) is 7.93. The molecular weight excluding hydrogens is 360 g/mol. The summed E-state index contributed by atoms with van der Waals surface area (Å²) >= 11 is 0. The highest BCUT2D eigenvalue weighted by Gasteiger charge is 2.54. The number of aryl methyl sites for hydroxylation is 1. The Balaban J connectivity index is 1.92. The van der Waals surface area contributed by atoms with Gasteiger partial charge in [-0.05, 0) is 42.7 Å². The predicted octanol–water partition coefficient (Wildman–Crippen LogP) is 5.50. The smallest absolute Gasteiger partial charge is 0.240 e. The first-order valence-corrected chi connectivity index (χ1v) is 10.6. The van der Waals surface area contributed by atoms with E-state index < -0.39 is 11.3 Å². The van der Waals surface area contributed by atoms with E-state index >= 15 is 0 Å². The first-order chi connectivity index (χ1) is 14.1. The summed E-state index contributed by atoms with van der Waals surface area (Å²) in [5.41, 5.74) is 3.71. The number of H-pyrrole nitrogens is 1. The van der Waals surface area contributed by atoms with Gasteiger partial charge in [-0.15, -0.1) is 0 Å². The third-order valence-corrected chi connectivity index (χ3v) is 6.31. The van der Waals surface area contributed by atoms with Gasteiger partial charge in [-0.25, -0.2) is 0 Å². The SMILES string of the molecule is CCCCCC[C@@H](C=O)[C@]1(c2c[nH]c3ccc(C)cc23)C(=O)Nc2ccccc21. The fraction of sp³-hybridized carbons (Fsp3) is 0.360.